The lowest BCUT2D eigenvalue weighted by atomic mass is 9.74. The molecular formula is C12H17NO2. The molecule has 0 radical (unpaired) electrons. The van der Waals surface area contributed by atoms with Gasteiger partial charge in [-0.3, -0.25) is 4.98 Å². The number of hydrogen-bond acceptors (Lipinski definition) is 3. The van der Waals surface area contributed by atoms with Gasteiger partial charge in [0.25, 0.3) is 0 Å². The third-order valence-corrected chi connectivity index (χ3v) is 2.85. The maximum Gasteiger partial charge on any atom is 0.0752 e. The van der Waals surface area contributed by atoms with Crippen LogP contribution in [0.4, 0.5) is 0 Å². The van der Waals surface area contributed by atoms with Crippen molar-refractivity contribution in [3.63, 3.8) is 0 Å². The molecule has 3 heteroatoms. The summed E-state index contributed by atoms with van der Waals surface area (Å²) in [5.41, 5.74) is 0.365. The highest BCUT2D eigenvalue weighted by molar-refractivity contribution is 5.10. The van der Waals surface area contributed by atoms with Gasteiger partial charge < -0.3 is 9.84 Å². The number of pyridine rings is 1. The Morgan fingerprint density at radius 1 is 1.53 bits per heavy atom. The number of rotatable bonds is 4. The standard InChI is InChI=1S/C12H17NO2/c1-2-15-11-8-12(14,9-11)7-10-5-3-4-6-13-10/h3-6,11,14H,2,7-9H2,1H3. The van der Waals surface area contributed by atoms with E-state index >= 15 is 0 Å². The highest BCUT2D eigenvalue weighted by atomic mass is 16.5. The zero-order valence-electron chi connectivity index (χ0n) is 9.02. The van der Waals surface area contributed by atoms with Crippen LogP contribution in [0.25, 0.3) is 0 Å². The first-order valence-electron chi connectivity index (χ1n) is 5.46. The third kappa shape index (κ3) is 2.55. The Morgan fingerprint density at radius 3 is 2.93 bits per heavy atom. The molecule has 1 aromatic heterocycles. The van der Waals surface area contributed by atoms with Crippen molar-refractivity contribution in [2.24, 2.45) is 0 Å². The van der Waals surface area contributed by atoms with E-state index in [2.05, 4.69) is 4.98 Å². The van der Waals surface area contributed by atoms with Gasteiger partial charge in [-0.2, -0.15) is 0 Å². The van der Waals surface area contributed by atoms with E-state index in [-0.39, 0.29) is 6.10 Å². The van der Waals surface area contributed by atoms with E-state index in [1.165, 1.54) is 0 Å². The van der Waals surface area contributed by atoms with Crippen molar-refractivity contribution >= 4 is 0 Å². The number of nitrogens with zero attached hydrogens (tertiary/aromatic N) is 1. The molecule has 0 atom stereocenters. The van der Waals surface area contributed by atoms with Crippen molar-refractivity contribution in [2.75, 3.05) is 6.61 Å². The van der Waals surface area contributed by atoms with Gasteiger partial charge in [0.1, 0.15) is 0 Å². The maximum atomic E-state index is 10.1. The van der Waals surface area contributed by atoms with Crippen molar-refractivity contribution in [1.29, 1.82) is 0 Å². The summed E-state index contributed by atoms with van der Waals surface area (Å²) >= 11 is 0. The van der Waals surface area contributed by atoms with Crippen molar-refractivity contribution in [2.45, 2.75) is 37.9 Å². The molecule has 0 bridgehead atoms. The second-order valence-electron chi connectivity index (χ2n) is 4.21. The molecule has 0 aliphatic heterocycles. The van der Waals surface area contributed by atoms with Crippen molar-refractivity contribution in [3.05, 3.63) is 30.1 Å². The Balaban J connectivity index is 1.86. The molecule has 0 unspecified atom stereocenters. The molecule has 1 heterocycles. The topological polar surface area (TPSA) is 42.4 Å². The number of aliphatic hydroxyl groups is 1. The van der Waals surface area contributed by atoms with Gasteiger partial charge in [0.05, 0.1) is 11.7 Å². The van der Waals surface area contributed by atoms with Crippen LogP contribution in [0.3, 0.4) is 0 Å². The van der Waals surface area contributed by atoms with Crippen LogP contribution in [0, 0.1) is 0 Å². The first-order chi connectivity index (χ1) is 7.22. The molecule has 1 N–H and O–H groups in total. The molecule has 1 aromatic rings. The fraction of sp³-hybridized carbons (Fsp3) is 0.583. The van der Waals surface area contributed by atoms with Crippen LogP contribution in [-0.4, -0.2) is 28.4 Å². The molecular weight excluding hydrogens is 190 g/mol. The molecule has 1 aliphatic rings. The number of ether oxygens (including phenoxy) is 1. The Morgan fingerprint density at radius 2 is 2.33 bits per heavy atom. The fourth-order valence-electron chi connectivity index (χ4n) is 2.13. The summed E-state index contributed by atoms with van der Waals surface area (Å²) in [7, 11) is 0. The first kappa shape index (κ1) is 10.6. The summed E-state index contributed by atoms with van der Waals surface area (Å²) in [6.45, 7) is 2.71. The average Bonchev–Trinajstić information content (AvgIpc) is 2.17. The predicted octanol–water partition coefficient (Wildman–Crippen LogP) is 1.55. The zero-order chi connectivity index (χ0) is 10.7. The SMILES string of the molecule is CCOC1CC(O)(Cc2ccccn2)C1. The molecule has 2 rings (SSSR count). The summed E-state index contributed by atoms with van der Waals surface area (Å²) in [5.74, 6) is 0. The molecule has 0 aromatic carbocycles. The lowest BCUT2D eigenvalue weighted by molar-refractivity contribution is -0.136. The van der Waals surface area contributed by atoms with Gasteiger partial charge in [-0.15, -0.1) is 0 Å². The van der Waals surface area contributed by atoms with Crippen LogP contribution in [0.2, 0.25) is 0 Å². The van der Waals surface area contributed by atoms with Crippen LogP contribution in [0.1, 0.15) is 25.5 Å². The van der Waals surface area contributed by atoms with Crippen LogP contribution >= 0.6 is 0 Å². The van der Waals surface area contributed by atoms with E-state index in [4.69, 9.17) is 4.74 Å². The molecule has 0 spiro atoms. The van der Waals surface area contributed by atoms with Crippen molar-refractivity contribution in [1.82, 2.24) is 4.98 Å². The molecule has 0 amide bonds. The minimum absolute atomic E-state index is 0.240. The minimum atomic E-state index is -0.589. The Hall–Kier alpha value is -0.930. The number of aromatic nitrogens is 1. The Labute approximate surface area is 90.1 Å². The molecule has 15 heavy (non-hydrogen) atoms. The molecule has 0 saturated heterocycles. The third-order valence-electron chi connectivity index (χ3n) is 2.85. The zero-order valence-corrected chi connectivity index (χ0v) is 9.02. The highest BCUT2D eigenvalue weighted by Gasteiger charge is 2.43. The van der Waals surface area contributed by atoms with Gasteiger partial charge in [0, 0.05) is 37.8 Å². The van der Waals surface area contributed by atoms with Gasteiger partial charge in [0.15, 0.2) is 0 Å². The summed E-state index contributed by atoms with van der Waals surface area (Å²) in [5, 5.41) is 10.1. The monoisotopic (exact) mass is 207 g/mol. The van der Waals surface area contributed by atoms with E-state index < -0.39 is 5.60 Å². The van der Waals surface area contributed by atoms with Gasteiger partial charge in [-0.25, -0.2) is 0 Å². The predicted molar refractivity (Wildman–Crippen MR) is 57.5 cm³/mol. The average molecular weight is 207 g/mol. The molecule has 1 fully saturated rings. The van der Waals surface area contributed by atoms with Gasteiger partial charge in [0.2, 0.25) is 0 Å². The van der Waals surface area contributed by atoms with Crippen molar-refractivity contribution < 1.29 is 9.84 Å². The van der Waals surface area contributed by atoms with E-state index in [0.717, 1.165) is 25.1 Å². The van der Waals surface area contributed by atoms with Crippen LogP contribution < -0.4 is 0 Å². The molecule has 1 aliphatic carbocycles. The van der Waals surface area contributed by atoms with Gasteiger partial charge in [-0.05, 0) is 19.1 Å². The Bertz CT molecular complexity index is 307. The lowest BCUT2D eigenvalue weighted by Crippen LogP contribution is -2.50. The Kier molecular flexibility index (Phi) is 3.03. The van der Waals surface area contributed by atoms with E-state index in [1.54, 1.807) is 6.20 Å². The number of hydrogen-bond donors (Lipinski definition) is 1. The van der Waals surface area contributed by atoms with Crippen LogP contribution in [0.5, 0.6) is 0 Å². The quantitative estimate of drug-likeness (QED) is 0.814. The van der Waals surface area contributed by atoms with Crippen LogP contribution in [-0.2, 0) is 11.2 Å². The van der Waals surface area contributed by atoms with E-state index in [1.807, 2.05) is 25.1 Å². The normalized spacial score (nSPS) is 29.9. The first-order valence-corrected chi connectivity index (χ1v) is 5.46. The summed E-state index contributed by atoms with van der Waals surface area (Å²) in [4.78, 5) is 4.22. The smallest absolute Gasteiger partial charge is 0.0752 e. The summed E-state index contributed by atoms with van der Waals surface area (Å²) < 4.78 is 5.43. The lowest BCUT2D eigenvalue weighted by Gasteiger charge is -2.43. The summed E-state index contributed by atoms with van der Waals surface area (Å²) in [6, 6.07) is 5.79. The maximum absolute atomic E-state index is 10.1. The van der Waals surface area contributed by atoms with Gasteiger partial charge in [-0.1, -0.05) is 6.07 Å². The molecule has 3 nitrogen and oxygen atoms in total. The van der Waals surface area contributed by atoms with Gasteiger partial charge >= 0.3 is 0 Å². The molecule has 82 valence electrons. The second kappa shape index (κ2) is 4.29. The minimum Gasteiger partial charge on any atom is -0.389 e. The van der Waals surface area contributed by atoms with Crippen LogP contribution in [0.15, 0.2) is 24.4 Å². The highest BCUT2D eigenvalue weighted by Crippen LogP contribution is 2.36. The second-order valence-corrected chi connectivity index (χ2v) is 4.21. The fourth-order valence-corrected chi connectivity index (χ4v) is 2.13. The summed E-state index contributed by atoms with van der Waals surface area (Å²) in [6.07, 6.45) is 4.10. The van der Waals surface area contributed by atoms with E-state index in [0.29, 0.717) is 6.42 Å². The molecule has 1 saturated carbocycles. The van der Waals surface area contributed by atoms with E-state index in [9.17, 15) is 5.11 Å². The van der Waals surface area contributed by atoms with Crippen molar-refractivity contribution in [3.8, 4) is 0 Å². The largest absolute Gasteiger partial charge is 0.389 e.